The van der Waals surface area contributed by atoms with Crippen LogP contribution in [0.1, 0.15) is 19.4 Å². The van der Waals surface area contributed by atoms with Gasteiger partial charge < -0.3 is 25.4 Å². The molecule has 0 radical (unpaired) electrons. The second-order valence-electron chi connectivity index (χ2n) is 9.87. The van der Waals surface area contributed by atoms with Gasteiger partial charge in [-0.25, -0.2) is 13.2 Å². The number of carbonyl (C=O) groups excluding carboxylic acids is 2. The maximum atomic E-state index is 13.4. The average molecular weight is 587 g/mol. The molecule has 0 bridgehead atoms. The first-order chi connectivity index (χ1) is 19.1. The Balaban J connectivity index is 1.61. The number of aliphatic hydroxyl groups is 1. The van der Waals surface area contributed by atoms with Crippen LogP contribution in [0.2, 0.25) is 0 Å². The van der Waals surface area contributed by atoms with Gasteiger partial charge in [-0.1, -0.05) is 31.2 Å². The van der Waals surface area contributed by atoms with E-state index in [9.17, 15) is 23.1 Å². The SMILES string of the molecule is C[C@@H]1CN([C@H](C)CO)C(=O)Cc2cc(NC(=O)Nc3ccccc3)ccc2O[C@@H]1CN(C)S(=O)(=O)c1cccs1. The van der Waals surface area contributed by atoms with E-state index in [4.69, 9.17) is 4.74 Å². The van der Waals surface area contributed by atoms with Crippen molar-refractivity contribution in [3.8, 4) is 5.75 Å². The average Bonchev–Trinajstić information content (AvgIpc) is 3.49. The highest BCUT2D eigenvalue weighted by Crippen LogP contribution is 2.30. The number of sulfonamides is 1. The lowest BCUT2D eigenvalue weighted by Gasteiger charge is -2.33. The number of amides is 3. The van der Waals surface area contributed by atoms with Crippen molar-refractivity contribution in [3.63, 3.8) is 0 Å². The van der Waals surface area contributed by atoms with Gasteiger partial charge in [0.1, 0.15) is 16.1 Å². The molecule has 0 spiro atoms. The summed E-state index contributed by atoms with van der Waals surface area (Å²) in [5.74, 6) is -0.0386. The quantitative estimate of drug-likeness (QED) is 0.368. The van der Waals surface area contributed by atoms with Crippen molar-refractivity contribution in [1.82, 2.24) is 9.21 Å². The van der Waals surface area contributed by atoms with Gasteiger partial charge >= 0.3 is 6.03 Å². The summed E-state index contributed by atoms with van der Waals surface area (Å²) in [6.45, 7) is 3.77. The molecule has 0 saturated heterocycles. The van der Waals surface area contributed by atoms with Gasteiger partial charge in [-0.2, -0.15) is 4.31 Å². The number of nitrogens with zero attached hydrogens (tertiary/aromatic N) is 2. The molecule has 1 aliphatic rings. The molecule has 4 rings (SSSR count). The molecule has 10 nitrogen and oxygen atoms in total. The van der Waals surface area contributed by atoms with Gasteiger partial charge in [-0.3, -0.25) is 4.79 Å². The third kappa shape index (κ3) is 7.00. The summed E-state index contributed by atoms with van der Waals surface area (Å²) >= 11 is 1.14. The lowest BCUT2D eigenvalue weighted by atomic mass is 10.0. The summed E-state index contributed by atoms with van der Waals surface area (Å²) in [6, 6.07) is 16.4. The fourth-order valence-corrected chi connectivity index (χ4v) is 6.84. The summed E-state index contributed by atoms with van der Waals surface area (Å²) in [4.78, 5) is 27.6. The number of anilines is 2. The first-order valence-corrected chi connectivity index (χ1v) is 15.2. The topological polar surface area (TPSA) is 128 Å². The second-order valence-corrected chi connectivity index (χ2v) is 13.1. The lowest BCUT2D eigenvalue weighted by Crippen LogP contribution is -2.48. The Morgan fingerprint density at radius 1 is 1.15 bits per heavy atom. The monoisotopic (exact) mass is 586 g/mol. The number of hydrogen-bond donors (Lipinski definition) is 3. The van der Waals surface area contributed by atoms with Crippen LogP contribution in [0.15, 0.2) is 70.3 Å². The maximum absolute atomic E-state index is 13.4. The van der Waals surface area contributed by atoms with Gasteiger partial charge in [0, 0.05) is 36.4 Å². The highest BCUT2D eigenvalue weighted by atomic mass is 32.2. The predicted octanol–water partition coefficient (Wildman–Crippen LogP) is 3.86. The number of para-hydroxylation sites is 1. The molecule has 0 unspecified atom stereocenters. The van der Waals surface area contributed by atoms with Crippen LogP contribution in [0.25, 0.3) is 0 Å². The van der Waals surface area contributed by atoms with E-state index < -0.39 is 28.2 Å². The van der Waals surface area contributed by atoms with Crippen molar-refractivity contribution in [2.75, 3.05) is 37.4 Å². The number of rotatable bonds is 8. The molecule has 3 N–H and O–H groups in total. The van der Waals surface area contributed by atoms with E-state index in [1.165, 1.54) is 11.4 Å². The second kappa shape index (κ2) is 12.8. The Hall–Kier alpha value is -3.45. The van der Waals surface area contributed by atoms with Crippen LogP contribution in [0.5, 0.6) is 5.75 Å². The molecule has 2 heterocycles. The van der Waals surface area contributed by atoms with Crippen LogP contribution >= 0.6 is 11.3 Å². The molecule has 0 saturated carbocycles. The van der Waals surface area contributed by atoms with E-state index in [2.05, 4.69) is 10.6 Å². The van der Waals surface area contributed by atoms with Crippen LogP contribution in [-0.4, -0.2) is 73.6 Å². The molecule has 2 aromatic carbocycles. The van der Waals surface area contributed by atoms with E-state index in [0.29, 0.717) is 22.7 Å². The molecule has 40 heavy (non-hydrogen) atoms. The Morgan fingerprint density at radius 2 is 1.88 bits per heavy atom. The van der Waals surface area contributed by atoms with E-state index in [0.717, 1.165) is 11.3 Å². The number of nitrogens with one attached hydrogen (secondary N) is 2. The molecule has 1 aromatic heterocycles. The van der Waals surface area contributed by atoms with Crippen LogP contribution in [-0.2, 0) is 21.2 Å². The smallest absolute Gasteiger partial charge is 0.323 e. The minimum Gasteiger partial charge on any atom is -0.488 e. The van der Waals surface area contributed by atoms with Crippen LogP contribution in [0.4, 0.5) is 16.2 Å². The Labute approximate surface area is 238 Å². The molecule has 3 aromatic rings. The number of benzene rings is 2. The minimum absolute atomic E-state index is 0.0156. The van der Waals surface area contributed by atoms with Crippen LogP contribution < -0.4 is 15.4 Å². The first kappa shape index (κ1) is 29.5. The first-order valence-electron chi connectivity index (χ1n) is 12.9. The maximum Gasteiger partial charge on any atom is 0.323 e. The van der Waals surface area contributed by atoms with Crippen LogP contribution in [0, 0.1) is 5.92 Å². The summed E-state index contributed by atoms with van der Waals surface area (Å²) < 4.78 is 34.2. The highest BCUT2D eigenvalue weighted by Gasteiger charge is 2.33. The number of carbonyl (C=O) groups is 2. The molecule has 1 aliphatic heterocycles. The largest absolute Gasteiger partial charge is 0.488 e. The Kier molecular flexibility index (Phi) is 9.46. The number of aliphatic hydroxyl groups excluding tert-OH is 1. The lowest BCUT2D eigenvalue weighted by molar-refractivity contribution is -0.134. The molecule has 12 heteroatoms. The van der Waals surface area contributed by atoms with Gasteiger partial charge in [0.25, 0.3) is 10.0 Å². The molecule has 0 fully saturated rings. The number of hydrogen-bond acceptors (Lipinski definition) is 7. The van der Waals surface area contributed by atoms with Crippen molar-refractivity contribution in [3.05, 3.63) is 71.6 Å². The molecular formula is C28H34N4O6S2. The molecule has 3 amide bonds. The fraction of sp³-hybridized carbons (Fsp3) is 0.357. The predicted molar refractivity (Wildman–Crippen MR) is 155 cm³/mol. The van der Waals surface area contributed by atoms with Crippen molar-refractivity contribution in [2.45, 2.75) is 36.6 Å². The number of urea groups is 1. The third-order valence-electron chi connectivity index (χ3n) is 6.80. The number of thiophene rings is 1. The summed E-state index contributed by atoms with van der Waals surface area (Å²) in [5.41, 5.74) is 1.64. The fourth-order valence-electron chi connectivity index (χ4n) is 4.46. The molecule has 3 atom stereocenters. The minimum atomic E-state index is -3.72. The zero-order valence-electron chi connectivity index (χ0n) is 22.6. The van der Waals surface area contributed by atoms with Crippen molar-refractivity contribution in [2.24, 2.45) is 5.92 Å². The van der Waals surface area contributed by atoms with Gasteiger partial charge in [0.05, 0.1) is 25.6 Å². The number of ether oxygens (including phenoxy) is 1. The third-order valence-corrected chi connectivity index (χ3v) is 10.00. The van der Waals surface area contributed by atoms with Crippen molar-refractivity contribution < 1.29 is 27.9 Å². The normalized spacial score (nSPS) is 18.6. The molecule has 0 aliphatic carbocycles. The van der Waals surface area contributed by atoms with Crippen LogP contribution in [0.3, 0.4) is 0 Å². The van der Waals surface area contributed by atoms with Crippen molar-refractivity contribution >= 4 is 44.7 Å². The van der Waals surface area contributed by atoms with Gasteiger partial charge in [-0.15, -0.1) is 11.3 Å². The Bertz CT molecular complexity index is 1420. The highest BCUT2D eigenvalue weighted by molar-refractivity contribution is 7.91. The summed E-state index contributed by atoms with van der Waals surface area (Å²) in [5, 5.41) is 17.1. The summed E-state index contributed by atoms with van der Waals surface area (Å²) in [7, 11) is -2.21. The van der Waals surface area contributed by atoms with E-state index in [-0.39, 0.29) is 42.2 Å². The zero-order chi connectivity index (χ0) is 28.9. The van der Waals surface area contributed by atoms with Gasteiger partial charge in [0.15, 0.2) is 0 Å². The van der Waals surface area contributed by atoms with E-state index in [1.54, 1.807) is 59.7 Å². The van der Waals surface area contributed by atoms with E-state index >= 15 is 0 Å². The Morgan fingerprint density at radius 3 is 2.55 bits per heavy atom. The van der Waals surface area contributed by atoms with Crippen molar-refractivity contribution in [1.29, 1.82) is 0 Å². The number of likely N-dealkylation sites (N-methyl/N-ethyl adjacent to an activating group) is 1. The number of fused-ring (bicyclic) bond motifs is 1. The van der Waals surface area contributed by atoms with Gasteiger partial charge in [-0.05, 0) is 48.7 Å². The summed E-state index contributed by atoms with van der Waals surface area (Å²) in [6.07, 6.45) is -0.615. The standard InChI is InChI=1S/C28H34N4O6S2/c1-19-16-32(20(2)18-33)26(34)15-21-14-23(30-28(35)29-22-8-5-4-6-9-22)11-12-24(21)38-25(19)17-31(3)40(36,37)27-10-7-13-39-27/h4-14,19-20,25,33H,15-18H2,1-3H3,(H2,29,30,35)/t19-,20-,25-/m1/s1. The van der Waals surface area contributed by atoms with E-state index in [1.807, 2.05) is 25.1 Å². The zero-order valence-corrected chi connectivity index (χ0v) is 24.2. The molecular weight excluding hydrogens is 552 g/mol. The molecule has 214 valence electrons. The van der Waals surface area contributed by atoms with Gasteiger partial charge in [0.2, 0.25) is 5.91 Å².